The van der Waals surface area contributed by atoms with Gasteiger partial charge in [0, 0.05) is 42.7 Å². The molecule has 1 fully saturated rings. The summed E-state index contributed by atoms with van der Waals surface area (Å²) in [6, 6.07) is 6.21. The van der Waals surface area contributed by atoms with Gasteiger partial charge in [-0.2, -0.15) is 0 Å². The van der Waals surface area contributed by atoms with E-state index >= 15 is 0 Å². The maximum Gasteiger partial charge on any atom is 0.249 e. The fourth-order valence-corrected chi connectivity index (χ4v) is 4.86. The predicted molar refractivity (Wildman–Crippen MR) is 124 cm³/mol. The third-order valence-corrected chi connectivity index (χ3v) is 7.63. The summed E-state index contributed by atoms with van der Waals surface area (Å²) < 4.78 is 15.7. The van der Waals surface area contributed by atoms with Gasteiger partial charge in [0.05, 0.1) is 31.8 Å². The van der Waals surface area contributed by atoms with Crippen LogP contribution in [0.1, 0.15) is 45.2 Å². The number of phenols is 1. The molecular formula is C21H27Cl2N3O3S. The van der Waals surface area contributed by atoms with Crippen molar-refractivity contribution in [1.82, 2.24) is 9.71 Å². The lowest BCUT2D eigenvalue weighted by Crippen LogP contribution is -2.42. The van der Waals surface area contributed by atoms with Gasteiger partial charge in [0.15, 0.2) is 0 Å². The van der Waals surface area contributed by atoms with Crippen molar-refractivity contribution in [1.29, 1.82) is 0 Å². The fraction of sp³-hybridized carbons (Fsp3) is 0.476. The van der Waals surface area contributed by atoms with E-state index in [0.717, 1.165) is 31.6 Å². The number of pyridine rings is 1. The zero-order valence-electron chi connectivity index (χ0n) is 17.2. The molecule has 2 heterocycles. The first-order valence-electron chi connectivity index (χ1n) is 9.86. The summed E-state index contributed by atoms with van der Waals surface area (Å²) in [6.45, 7) is 7.19. The number of aromatic hydroxyl groups is 1. The molecule has 2 aromatic rings. The van der Waals surface area contributed by atoms with Gasteiger partial charge >= 0.3 is 0 Å². The van der Waals surface area contributed by atoms with Crippen LogP contribution in [0.4, 0.5) is 5.69 Å². The third kappa shape index (κ3) is 5.38. The van der Waals surface area contributed by atoms with Gasteiger partial charge in [-0.05, 0) is 51.7 Å². The highest BCUT2D eigenvalue weighted by molar-refractivity contribution is 7.84. The number of aromatic nitrogens is 1. The maximum absolute atomic E-state index is 12.9. The molecule has 30 heavy (non-hydrogen) atoms. The Hall–Kier alpha value is -1.54. The summed E-state index contributed by atoms with van der Waals surface area (Å²) in [4.78, 5) is 16.4. The van der Waals surface area contributed by atoms with E-state index in [4.69, 9.17) is 23.2 Å². The van der Waals surface area contributed by atoms with Gasteiger partial charge in [0.25, 0.3) is 0 Å². The lowest BCUT2D eigenvalue weighted by molar-refractivity contribution is 0.321. The highest BCUT2D eigenvalue weighted by atomic mass is 35.5. The molecule has 1 unspecified atom stereocenters. The van der Waals surface area contributed by atoms with Gasteiger partial charge in [-0.15, -0.1) is 0 Å². The topological polar surface area (TPSA) is 85.4 Å². The van der Waals surface area contributed by atoms with E-state index in [0.29, 0.717) is 10.6 Å². The van der Waals surface area contributed by atoms with Crippen LogP contribution in [0.25, 0.3) is 0 Å². The molecule has 9 heteroatoms. The average molecular weight is 472 g/mol. The molecule has 3 rings (SSSR count). The second-order valence-electron chi connectivity index (χ2n) is 8.54. The summed E-state index contributed by atoms with van der Waals surface area (Å²) >= 11 is 12.3. The van der Waals surface area contributed by atoms with Crippen LogP contribution < -0.4 is 15.2 Å². The first kappa shape index (κ1) is 23.1. The number of benzene rings is 1. The van der Waals surface area contributed by atoms with Crippen LogP contribution in [-0.2, 0) is 11.0 Å². The zero-order valence-corrected chi connectivity index (χ0v) is 19.6. The number of anilines is 1. The number of nitrogens with zero attached hydrogens (tertiary/aromatic N) is 1. The SMILES string of the molecule is CC(C)(C)S(=O)N[C@@H](c1cc(Cl)c(Cl)cc1O)C1CCN(c2cc[nH]c(=O)c2)CC1. The van der Waals surface area contributed by atoms with Crippen molar-refractivity contribution >= 4 is 39.9 Å². The minimum Gasteiger partial charge on any atom is -0.508 e. The number of rotatable bonds is 5. The minimum atomic E-state index is -1.33. The molecule has 1 aromatic carbocycles. The van der Waals surface area contributed by atoms with E-state index < -0.39 is 15.7 Å². The summed E-state index contributed by atoms with van der Waals surface area (Å²) in [5.41, 5.74) is 1.35. The smallest absolute Gasteiger partial charge is 0.249 e. The molecule has 0 amide bonds. The average Bonchev–Trinajstić information content (AvgIpc) is 2.68. The third-order valence-electron chi connectivity index (χ3n) is 5.33. The predicted octanol–water partition coefficient (Wildman–Crippen LogP) is 4.40. The number of halogens is 2. The van der Waals surface area contributed by atoms with Crippen molar-refractivity contribution in [2.75, 3.05) is 18.0 Å². The van der Waals surface area contributed by atoms with Gasteiger partial charge in [-0.1, -0.05) is 23.2 Å². The van der Waals surface area contributed by atoms with Crippen LogP contribution in [-0.4, -0.2) is 32.1 Å². The van der Waals surface area contributed by atoms with Crippen LogP contribution in [0, 0.1) is 5.92 Å². The molecule has 1 saturated heterocycles. The van der Waals surface area contributed by atoms with E-state index in [1.165, 1.54) is 6.07 Å². The van der Waals surface area contributed by atoms with Gasteiger partial charge in [0.2, 0.25) is 5.56 Å². The number of piperidine rings is 1. The van der Waals surface area contributed by atoms with Crippen LogP contribution in [0.2, 0.25) is 10.0 Å². The van der Waals surface area contributed by atoms with Crippen molar-refractivity contribution in [3.8, 4) is 5.75 Å². The molecular weight excluding hydrogens is 445 g/mol. The Balaban J connectivity index is 1.85. The summed E-state index contributed by atoms with van der Waals surface area (Å²) in [7, 11) is -1.33. The molecule has 0 radical (unpaired) electrons. The van der Waals surface area contributed by atoms with Crippen molar-refractivity contribution in [2.45, 2.75) is 44.4 Å². The number of hydrogen-bond acceptors (Lipinski definition) is 4. The van der Waals surface area contributed by atoms with Gasteiger partial charge in [0.1, 0.15) is 5.75 Å². The second kappa shape index (κ2) is 9.30. The Morgan fingerprint density at radius 3 is 2.43 bits per heavy atom. The molecule has 2 atom stereocenters. The normalized spacial score (nSPS) is 17.7. The molecule has 1 aliphatic rings. The first-order valence-corrected chi connectivity index (χ1v) is 11.8. The zero-order chi connectivity index (χ0) is 22.1. The molecule has 164 valence electrons. The molecule has 0 spiro atoms. The quantitative estimate of drug-likeness (QED) is 0.603. The molecule has 0 bridgehead atoms. The standard InChI is InChI=1S/C21H27Cl2N3O3S/c1-21(2,3)30(29)25-20(15-11-16(22)17(23)12-18(15)27)13-5-8-26(9-6-13)14-4-7-24-19(28)10-14/h4,7,10-13,20,25,27H,5-6,8-9H2,1-3H3,(H,24,28)/t20-,30?/m1/s1. The molecule has 1 aromatic heterocycles. The Morgan fingerprint density at radius 2 is 1.83 bits per heavy atom. The minimum absolute atomic E-state index is 0.0323. The Labute approximate surface area is 189 Å². The van der Waals surface area contributed by atoms with Gasteiger partial charge < -0.3 is 15.0 Å². The molecule has 6 nitrogen and oxygen atoms in total. The lowest BCUT2D eigenvalue weighted by Gasteiger charge is -2.38. The van der Waals surface area contributed by atoms with Crippen molar-refractivity contribution in [3.63, 3.8) is 0 Å². The number of phenolic OH excluding ortho intramolecular Hbond substituents is 1. The second-order valence-corrected chi connectivity index (χ2v) is 11.3. The van der Waals surface area contributed by atoms with Gasteiger partial charge in [-0.3, -0.25) is 4.79 Å². The highest BCUT2D eigenvalue weighted by Crippen LogP contribution is 2.40. The molecule has 3 N–H and O–H groups in total. The van der Waals surface area contributed by atoms with E-state index in [2.05, 4.69) is 14.6 Å². The van der Waals surface area contributed by atoms with Crippen LogP contribution >= 0.6 is 23.2 Å². The number of hydrogen-bond donors (Lipinski definition) is 3. The monoisotopic (exact) mass is 471 g/mol. The first-order chi connectivity index (χ1) is 14.1. The number of nitrogens with one attached hydrogen (secondary N) is 2. The lowest BCUT2D eigenvalue weighted by atomic mass is 9.85. The largest absolute Gasteiger partial charge is 0.508 e. The molecule has 0 aliphatic carbocycles. The number of aromatic amines is 1. The van der Waals surface area contributed by atoms with Crippen molar-refractivity contribution < 1.29 is 9.32 Å². The Morgan fingerprint density at radius 1 is 1.20 bits per heavy atom. The Kier molecular flexibility index (Phi) is 7.17. The van der Waals surface area contributed by atoms with E-state index in [-0.39, 0.29) is 28.3 Å². The van der Waals surface area contributed by atoms with Crippen LogP contribution in [0.5, 0.6) is 5.75 Å². The maximum atomic E-state index is 12.9. The van der Waals surface area contributed by atoms with Crippen molar-refractivity contribution in [2.24, 2.45) is 5.92 Å². The van der Waals surface area contributed by atoms with Crippen LogP contribution in [0.15, 0.2) is 35.3 Å². The number of H-pyrrole nitrogens is 1. The molecule has 0 saturated carbocycles. The summed E-state index contributed by atoms with van der Waals surface area (Å²) in [6.07, 6.45) is 3.24. The fourth-order valence-electron chi connectivity index (χ4n) is 3.63. The van der Waals surface area contributed by atoms with Gasteiger partial charge in [-0.25, -0.2) is 8.93 Å². The van der Waals surface area contributed by atoms with Crippen molar-refractivity contribution in [3.05, 3.63) is 56.4 Å². The molecule has 1 aliphatic heterocycles. The Bertz CT molecular complexity index is 982. The van der Waals surface area contributed by atoms with Crippen LogP contribution in [0.3, 0.4) is 0 Å². The highest BCUT2D eigenvalue weighted by Gasteiger charge is 2.33. The summed E-state index contributed by atoms with van der Waals surface area (Å²) in [5, 5.41) is 11.2. The van der Waals surface area contributed by atoms with E-state index in [1.54, 1.807) is 18.3 Å². The van der Waals surface area contributed by atoms with E-state index in [9.17, 15) is 14.1 Å². The summed E-state index contributed by atoms with van der Waals surface area (Å²) in [5.74, 6) is 0.155. The van der Waals surface area contributed by atoms with E-state index in [1.807, 2.05) is 26.8 Å².